The molecule has 7 heteroatoms. The number of benzene rings is 2. The number of ether oxygens (including phenoxy) is 2. The van der Waals surface area contributed by atoms with Gasteiger partial charge < -0.3 is 14.8 Å². The normalized spacial score (nSPS) is 18.1. The topological polar surface area (TPSA) is 64.6 Å². The zero-order valence-electron chi connectivity index (χ0n) is 18.5. The van der Waals surface area contributed by atoms with Crippen LogP contribution in [0.1, 0.15) is 43.2 Å². The molecule has 1 aliphatic carbocycles. The average molecular weight is 478 g/mol. The molecule has 0 spiro atoms. The van der Waals surface area contributed by atoms with E-state index in [0.29, 0.717) is 33.9 Å². The highest BCUT2D eigenvalue weighted by Gasteiger charge is 2.24. The number of aryl methyl sites for hydroxylation is 2. The van der Waals surface area contributed by atoms with Gasteiger partial charge in [0.15, 0.2) is 12.4 Å². The van der Waals surface area contributed by atoms with E-state index in [1.165, 1.54) is 0 Å². The van der Waals surface area contributed by atoms with Crippen molar-refractivity contribution in [2.45, 2.75) is 52.0 Å². The van der Waals surface area contributed by atoms with Crippen molar-refractivity contribution in [3.8, 4) is 11.5 Å². The van der Waals surface area contributed by atoms with E-state index in [1.54, 1.807) is 24.3 Å². The highest BCUT2D eigenvalue weighted by molar-refractivity contribution is 6.31. The lowest BCUT2D eigenvalue weighted by Gasteiger charge is -2.28. The van der Waals surface area contributed by atoms with Crippen LogP contribution in [0, 0.1) is 19.8 Å². The lowest BCUT2D eigenvalue weighted by molar-refractivity contribution is -0.125. The van der Waals surface area contributed by atoms with E-state index in [9.17, 15) is 9.59 Å². The minimum Gasteiger partial charge on any atom is -0.486 e. The van der Waals surface area contributed by atoms with Crippen LogP contribution in [-0.2, 0) is 9.59 Å². The summed E-state index contributed by atoms with van der Waals surface area (Å²) in [5.74, 6) is 1.57. The molecule has 2 aromatic carbocycles. The molecule has 2 aromatic rings. The Morgan fingerprint density at radius 1 is 0.875 bits per heavy atom. The second-order valence-electron chi connectivity index (χ2n) is 8.43. The number of hydrogen-bond acceptors (Lipinski definition) is 4. The molecule has 1 amide bonds. The zero-order chi connectivity index (χ0) is 23.1. The van der Waals surface area contributed by atoms with Gasteiger partial charge in [0.25, 0.3) is 5.91 Å². The molecule has 5 nitrogen and oxygen atoms in total. The van der Waals surface area contributed by atoms with Crippen molar-refractivity contribution in [2.24, 2.45) is 5.92 Å². The first kappa shape index (κ1) is 24.4. The first-order valence-electron chi connectivity index (χ1n) is 10.9. The van der Waals surface area contributed by atoms with Gasteiger partial charge in [-0.3, -0.25) is 9.59 Å². The van der Waals surface area contributed by atoms with Crippen LogP contribution in [0.15, 0.2) is 36.4 Å². The smallest absolute Gasteiger partial charge is 0.258 e. The van der Waals surface area contributed by atoms with E-state index in [-0.39, 0.29) is 30.9 Å². The maximum Gasteiger partial charge on any atom is 0.258 e. The van der Waals surface area contributed by atoms with E-state index >= 15 is 0 Å². The molecule has 1 aliphatic rings. The highest BCUT2D eigenvalue weighted by atomic mass is 35.5. The van der Waals surface area contributed by atoms with Crippen LogP contribution in [0.5, 0.6) is 11.5 Å². The molecule has 0 unspecified atom stereocenters. The van der Waals surface area contributed by atoms with Crippen LogP contribution >= 0.6 is 23.2 Å². The number of amides is 1. The monoisotopic (exact) mass is 477 g/mol. The molecule has 172 valence electrons. The molecule has 1 saturated carbocycles. The molecular formula is C25H29Cl2NO4. The third-order valence-corrected chi connectivity index (χ3v) is 6.60. The van der Waals surface area contributed by atoms with Crippen LogP contribution in [0.2, 0.25) is 10.0 Å². The second kappa shape index (κ2) is 11.6. The summed E-state index contributed by atoms with van der Waals surface area (Å²) in [6.07, 6.45) is 4.05. The summed E-state index contributed by atoms with van der Waals surface area (Å²) >= 11 is 12.0. The minimum absolute atomic E-state index is 0.0268. The molecule has 1 fully saturated rings. The van der Waals surface area contributed by atoms with Gasteiger partial charge in [-0.15, -0.1) is 0 Å². The van der Waals surface area contributed by atoms with Crippen molar-refractivity contribution in [1.29, 1.82) is 0 Å². The maximum atomic E-state index is 12.3. The Morgan fingerprint density at radius 3 is 1.94 bits per heavy atom. The summed E-state index contributed by atoms with van der Waals surface area (Å²) in [4.78, 5) is 24.5. The molecule has 3 rings (SSSR count). The van der Waals surface area contributed by atoms with Crippen molar-refractivity contribution in [3.63, 3.8) is 0 Å². The minimum atomic E-state index is -0.135. The van der Waals surface area contributed by atoms with Crippen LogP contribution in [-0.4, -0.2) is 30.9 Å². The lowest BCUT2D eigenvalue weighted by atomic mass is 9.83. The predicted octanol–water partition coefficient (Wildman–Crippen LogP) is 5.70. The van der Waals surface area contributed by atoms with E-state index in [0.717, 1.165) is 36.8 Å². The zero-order valence-corrected chi connectivity index (χ0v) is 20.0. The van der Waals surface area contributed by atoms with Crippen LogP contribution in [0.4, 0.5) is 0 Å². The molecule has 32 heavy (non-hydrogen) atoms. The van der Waals surface area contributed by atoms with Gasteiger partial charge in [0.1, 0.15) is 18.1 Å². The van der Waals surface area contributed by atoms with E-state index in [2.05, 4.69) is 5.32 Å². The van der Waals surface area contributed by atoms with E-state index in [1.807, 2.05) is 26.0 Å². The van der Waals surface area contributed by atoms with Crippen LogP contribution in [0.25, 0.3) is 0 Å². The van der Waals surface area contributed by atoms with E-state index < -0.39 is 0 Å². The predicted molar refractivity (Wildman–Crippen MR) is 127 cm³/mol. The fourth-order valence-corrected chi connectivity index (χ4v) is 4.12. The summed E-state index contributed by atoms with van der Waals surface area (Å²) in [7, 11) is 0. The van der Waals surface area contributed by atoms with Crippen molar-refractivity contribution < 1.29 is 19.1 Å². The van der Waals surface area contributed by atoms with Crippen LogP contribution in [0.3, 0.4) is 0 Å². The standard InChI is InChI=1S/C25H29Cl2NO4/c1-16-11-21(7-9-23(16)26)31-14-20(29)13-18-3-5-19(6-4-18)28-25(30)15-32-22-8-10-24(27)17(2)12-22/h7-12,18-19H,3-6,13-15H2,1-2H3,(H,28,30). The molecule has 0 heterocycles. The van der Waals surface area contributed by atoms with Gasteiger partial charge in [-0.2, -0.15) is 0 Å². The van der Waals surface area contributed by atoms with Crippen molar-refractivity contribution in [1.82, 2.24) is 5.32 Å². The van der Waals surface area contributed by atoms with Gasteiger partial charge in [-0.25, -0.2) is 0 Å². The molecule has 0 radical (unpaired) electrons. The van der Waals surface area contributed by atoms with Gasteiger partial charge >= 0.3 is 0 Å². The Balaban J connectivity index is 1.33. The Hall–Kier alpha value is -2.24. The Labute approximate surface area is 199 Å². The molecule has 0 saturated heterocycles. The number of halogens is 2. The molecular weight excluding hydrogens is 449 g/mol. The Bertz CT molecular complexity index is 877. The fourth-order valence-electron chi connectivity index (χ4n) is 3.89. The lowest BCUT2D eigenvalue weighted by Crippen LogP contribution is -2.40. The Kier molecular flexibility index (Phi) is 8.83. The highest BCUT2D eigenvalue weighted by Crippen LogP contribution is 2.28. The number of rotatable bonds is 9. The summed E-state index contributed by atoms with van der Waals surface area (Å²) in [6.45, 7) is 3.84. The summed E-state index contributed by atoms with van der Waals surface area (Å²) in [5, 5.41) is 4.38. The summed E-state index contributed by atoms with van der Waals surface area (Å²) < 4.78 is 11.2. The molecule has 0 aromatic heterocycles. The third-order valence-electron chi connectivity index (χ3n) is 5.76. The largest absolute Gasteiger partial charge is 0.486 e. The summed E-state index contributed by atoms with van der Waals surface area (Å²) in [5.41, 5.74) is 1.83. The van der Waals surface area contributed by atoms with Crippen LogP contribution < -0.4 is 14.8 Å². The van der Waals surface area contributed by atoms with Gasteiger partial charge in [-0.05, 0) is 93.0 Å². The molecule has 0 bridgehead atoms. The second-order valence-corrected chi connectivity index (χ2v) is 9.24. The Morgan fingerprint density at radius 2 is 1.41 bits per heavy atom. The fraction of sp³-hybridized carbons (Fsp3) is 0.440. The molecule has 0 atom stereocenters. The number of hydrogen-bond donors (Lipinski definition) is 1. The first-order chi connectivity index (χ1) is 15.3. The first-order valence-corrected chi connectivity index (χ1v) is 11.6. The van der Waals surface area contributed by atoms with Crippen molar-refractivity contribution in [3.05, 3.63) is 57.6 Å². The number of nitrogens with one attached hydrogen (secondary N) is 1. The molecule has 0 aliphatic heterocycles. The van der Waals surface area contributed by atoms with Gasteiger partial charge in [0.2, 0.25) is 0 Å². The van der Waals surface area contributed by atoms with Gasteiger partial charge in [0.05, 0.1) is 0 Å². The van der Waals surface area contributed by atoms with Gasteiger partial charge in [-0.1, -0.05) is 23.2 Å². The third kappa shape index (κ3) is 7.42. The number of Topliss-reactive ketones (excluding diaryl/α,β-unsaturated/α-hetero) is 1. The number of ketones is 1. The summed E-state index contributed by atoms with van der Waals surface area (Å²) in [6, 6.07) is 10.8. The number of carbonyl (C=O) groups is 2. The maximum absolute atomic E-state index is 12.3. The quantitative estimate of drug-likeness (QED) is 0.502. The van der Waals surface area contributed by atoms with Crippen molar-refractivity contribution in [2.75, 3.05) is 13.2 Å². The molecule has 1 N–H and O–H groups in total. The average Bonchev–Trinajstić information content (AvgIpc) is 2.77. The van der Waals surface area contributed by atoms with Crippen molar-refractivity contribution >= 4 is 34.9 Å². The number of carbonyl (C=O) groups excluding carboxylic acids is 2. The SMILES string of the molecule is Cc1cc(OCC(=O)CC2CCC(NC(=O)COc3ccc(Cl)c(C)c3)CC2)ccc1Cl. The van der Waals surface area contributed by atoms with Gasteiger partial charge in [0, 0.05) is 22.5 Å². The van der Waals surface area contributed by atoms with E-state index in [4.69, 9.17) is 32.7 Å².